The number of rotatable bonds is 2. The highest BCUT2D eigenvalue weighted by Gasteiger charge is 2.36. The van der Waals surface area contributed by atoms with Gasteiger partial charge >= 0.3 is 6.09 Å². The highest BCUT2D eigenvalue weighted by Crippen LogP contribution is 2.31. The summed E-state index contributed by atoms with van der Waals surface area (Å²) in [5.74, 6) is 0.421. The van der Waals surface area contributed by atoms with Gasteiger partial charge in [-0.05, 0) is 35.4 Å². The molecule has 2 aromatic heterocycles. The van der Waals surface area contributed by atoms with Crippen molar-refractivity contribution in [2.75, 3.05) is 11.5 Å². The van der Waals surface area contributed by atoms with Gasteiger partial charge in [0.15, 0.2) is 0 Å². The zero-order valence-electron chi connectivity index (χ0n) is 9.73. The number of amides is 1. The van der Waals surface area contributed by atoms with Crippen LogP contribution in [0, 0.1) is 0 Å². The molecule has 0 aromatic carbocycles. The molecule has 3 heterocycles. The number of hydrogen-bond donors (Lipinski definition) is 0. The van der Waals surface area contributed by atoms with E-state index in [1.807, 2.05) is 12.1 Å². The van der Waals surface area contributed by atoms with Crippen LogP contribution in [0.3, 0.4) is 0 Å². The summed E-state index contributed by atoms with van der Waals surface area (Å²) in [6.07, 6.45) is 4.39. The van der Waals surface area contributed by atoms with Crippen LogP contribution in [0.4, 0.5) is 10.6 Å². The van der Waals surface area contributed by atoms with Gasteiger partial charge in [-0.1, -0.05) is 0 Å². The smallest absolute Gasteiger partial charge is 0.416 e. The average Bonchev–Trinajstić information content (AvgIpc) is 2.82. The molecule has 1 amide bonds. The molecule has 1 aliphatic heterocycles. The molecule has 1 saturated heterocycles. The van der Waals surface area contributed by atoms with Crippen LogP contribution in [0.15, 0.2) is 36.8 Å². The van der Waals surface area contributed by atoms with E-state index in [4.69, 9.17) is 16.3 Å². The van der Waals surface area contributed by atoms with Crippen molar-refractivity contribution < 1.29 is 9.53 Å². The van der Waals surface area contributed by atoms with Crippen molar-refractivity contribution in [3.8, 4) is 0 Å². The van der Waals surface area contributed by atoms with Crippen molar-refractivity contribution in [1.29, 1.82) is 0 Å². The van der Waals surface area contributed by atoms with Crippen molar-refractivity contribution in [3.63, 3.8) is 0 Å². The second-order valence-corrected chi connectivity index (χ2v) is 4.27. The van der Waals surface area contributed by atoms with Crippen molar-refractivity contribution >= 4 is 23.5 Å². The van der Waals surface area contributed by atoms with Crippen LogP contribution >= 0.6 is 11.6 Å². The largest absolute Gasteiger partial charge is 0.447 e. The average molecular weight is 277 g/mol. The number of pyridine rings is 1. The summed E-state index contributed by atoms with van der Waals surface area (Å²) in [6.45, 7) is 0.268. The Morgan fingerprint density at radius 2 is 2.05 bits per heavy atom. The first kappa shape index (κ1) is 11.9. The second kappa shape index (κ2) is 4.81. The highest BCUT2D eigenvalue weighted by atomic mass is 35.5. The fraction of sp³-hybridized carbons (Fsp3) is 0.167. The topological polar surface area (TPSA) is 68.2 Å². The van der Waals surface area contributed by atoms with Gasteiger partial charge in [-0.25, -0.2) is 14.8 Å². The molecule has 1 aliphatic rings. The highest BCUT2D eigenvalue weighted by molar-refractivity contribution is 6.28. The number of ether oxygens (including phenoxy) is 1. The van der Waals surface area contributed by atoms with E-state index in [2.05, 4.69) is 15.0 Å². The van der Waals surface area contributed by atoms with Crippen molar-refractivity contribution in [1.82, 2.24) is 15.0 Å². The van der Waals surface area contributed by atoms with E-state index < -0.39 is 6.09 Å². The van der Waals surface area contributed by atoms with Crippen LogP contribution in [-0.2, 0) is 4.74 Å². The summed E-state index contributed by atoms with van der Waals surface area (Å²) in [4.78, 5) is 25.1. The van der Waals surface area contributed by atoms with Gasteiger partial charge in [0.05, 0.1) is 0 Å². The Labute approximate surface area is 114 Å². The van der Waals surface area contributed by atoms with Gasteiger partial charge in [-0.3, -0.25) is 9.88 Å². The predicted molar refractivity (Wildman–Crippen MR) is 67.8 cm³/mol. The zero-order valence-corrected chi connectivity index (χ0v) is 10.5. The SMILES string of the molecule is O=C1OC[C@H](c2ccncc2)N1c1ccnc(Cl)n1. The van der Waals surface area contributed by atoms with Gasteiger partial charge < -0.3 is 4.74 Å². The van der Waals surface area contributed by atoms with Crippen LogP contribution in [0.5, 0.6) is 0 Å². The third kappa shape index (κ3) is 2.22. The van der Waals surface area contributed by atoms with Crippen molar-refractivity contribution in [2.24, 2.45) is 0 Å². The molecular formula is C12H9ClN4O2. The Balaban J connectivity index is 2.00. The Bertz CT molecular complexity index is 608. The summed E-state index contributed by atoms with van der Waals surface area (Å²) >= 11 is 5.75. The molecular weight excluding hydrogens is 268 g/mol. The van der Waals surface area contributed by atoms with E-state index in [0.29, 0.717) is 5.82 Å². The predicted octanol–water partition coefficient (Wildman–Crippen LogP) is 2.22. The number of halogens is 1. The molecule has 7 heteroatoms. The maximum absolute atomic E-state index is 11.9. The van der Waals surface area contributed by atoms with Gasteiger partial charge in [-0.2, -0.15) is 0 Å². The Kier molecular flexibility index (Phi) is 3.00. The molecule has 0 spiro atoms. The molecule has 0 saturated carbocycles. The molecule has 0 N–H and O–H groups in total. The summed E-state index contributed by atoms with van der Waals surface area (Å²) < 4.78 is 5.09. The molecule has 0 unspecified atom stereocenters. The number of aromatic nitrogens is 3. The summed E-state index contributed by atoms with van der Waals surface area (Å²) in [7, 11) is 0. The van der Waals surface area contributed by atoms with E-state index in [1.54, 1.807) is 18.5 Å². The first-order valence-corrected chi connectivity index (χ1v) is 5.98. The molecule has 3 rings (SSSR count). The monoisotopic (exact) mass is 276 g/mol. The summed E-state index contributed by atoms with van der Waals surface area (Å²) in [5, 5.41) is 0.0886. The zero-order chi connectivity index (χ0) is 13.2. The van der Waals surface area contributed by atoms with Gasteiger partial charge in [-0.15, -0.1) is 0 Å². The van der Waals surface area contributed by atoms with Gasteiger partial charge in [0, 0.05) is 18.6 Å². The second-order valence-electron chi connectivity index (χ2n) is 3.93. The minimum absolute atomic E-state index is 0.0886. The molecule has 0 aliphatic carbocycles. The number of anilines is 1. The molecule has 6 nitrogen and oxygen atoms in total. The van der Waals surface area contributed by atoms with Crippen LogP contribution in [-0.4, -0.2) is 27.7 Å². The van der Waals surface area contributed by atoms with E-state index in [-0.39, 0.29) is 17.9 Å². The van der Waals surface area contributed by atoms with Crippen LogP contribution in [0.1, 0.15) is 11.6 Å². The number of hydrogen-bond acceptors (Lipinski definition) is 5. The van der Waals surface area contributed by atoms with E-state index in [0.717, 1.165) is 5.56 Å². The fourth-order valence-electron chi connectivity index (χ4n) is 1.97. The first-order chi connectivity index (χ1) is 9.25. The van der Waals surface area contributed by atoms with Crippen molar-refractivity contribution in [3.05, 3.63) is 47.6 Å². The standard InChI is InChI=1S/C12H9ClN4O2/c13-11-15-6-3-10(16-11)17-9(7-19-12(17)18)8-1-4-14-5-2-8/h1-6,9H,7H2/t9-/m1/s1. The van der Waals surface area contributed by atoms with Gasteiger partial charge in [0.25, 0.3) is 0 Å². The van der Waals surface area contributed by atoms with Gasteiger partial charge in [0.1, 0.15) is 18.5 Å². The maximum atomic E-state index is 11.9. The summed E-state index contributed by atoms with van der Waals surface area (Å²) in [6, 6.07) is 5.05. The molecule has 0 radical (unpaired) electrons. The molecule has 96 valence electrons. The molecule has 2 aromatic rings. The van der Waals surface area contributed by atoms with E-state index >= 15 is 0 Å². The van der Waals surface area contributed by atoms with Crippen molar-refractivity contribution in [2.45, 2.75) is 6.04 Å². The van der Waals surface area contributed by atoms with Gasteiger partial charge in [0.2, 0.25) is 5.28 Å². The lowest BCUT2D eigenvalue weighted by atomic mass is 10.1. The number of cyclic esters (lactones) is 1. The number of carbonyl (C=O) groups excluding carboxylic acids is 1. The third-order valence-corrected chi connectivity index (χ3v) is 3.00. The van der Waals surface area contributed by atoms with Crippen LogP contribution in [0.2, 0.25) is 5.28 Å². The normalized spacial score (nSPS) is 18.5. The Morgan fingerprint density at radius 1 is 1.26 bits per heavy atom. The quantitative estimate of drug-likeness (QED) is 0.787. The lowest BCUT2D eigenvalue weighted by Gasteiger charge is -2.20. The van der Waals surface area contributed by atoms with E-state index in [9.17, 15) is 4.79 Å². The number of nitrogens with zero attached hydrogens (tertiary/aromatic N) is 4. The minimum Gasteiger partial charge on any atom is -0.447 e. The minimum atomic E-state index is -0.448. The summed E-state index contributed by atoms with van der Waals surface area (Å²) in [5.41, 5.74) is 0.926. The number of carbonyl (C=O) groups is 1. The third-order valence-electron chi connectivity index (χ3n) is 2.82. The first-order valence-electron chi connectivity index (χ1n) is 5.60. The van der Waals surface area contributed by atoms with Crippen LogP contribution < -0.4 is 4.90 Å². The van der Waals surface area contributed by atoms with E-state index in [1.165, 1.54) is 11.1 Å². The Morgan fingerprint density at radius 3 is 2.79 bits per heavy atom. The Hall–Kier alpha value is -2.21. The maximum Gasteiger partial charge on any atom is 0.416 e. The molecule has 1 fully saturated rings. The van der Waals surface area contributed by atoms with Crippen LogP contribution in [0.25, 0.3) is 0 Å². The molecule has 19 heavy (non-hydrogen) atoms. The molecule has 0 bridgehead atoms. The lowest BCUT2D eigenvalue weighted by Crippen LogP contribution is -2.28. The lowest BCUT2D eigenvalue weighted by molar-refractivity contribution is 0.179. The molecule has 1 atom stereocenters. The fourth-order valence-corrected chi connectivity index (χ4v) is 2.11.